The van der Waals surface area contributed by atoms with Gasteiger partial charge in [-0.15, -0.1) is 0 Å². The van der Waals surface area contributed by atoms with Crippen molar-refractivity contribution in [3.05, 3.63) is 107 Å². The predicted molar refractivity (Wildman–Crippen MR) is 106 cm³/mol. The van der Waals surface area contributed by atoms with Crippen LogP contribution in [0.4, 0.5) is 8.78 Å². The van der Waals surface area contributed by atoms with Gasteiger partial charge in [0.15, 0.2) is 0 Å². The third-order valence-corrected chi connectivity index (χ3v) is 4.50. The molecule has 0 bridgehead atoms. The van der Waals surface area contributed by atoms with Crippen LogP contribution < -0.4 is 0 Å². The molecule has 0 aliphatic rings. The molecule has 2 heteroatoms. The van der Waals surface area contributed by atoms with Gasteiger partial charge >= 0.3 is 0 Å². The molecule has 0 amide bonds. The maximum Gasteiger partial charge on any atom is 0.139 e. The minimum absolute atomic E-state index is 0.267. The van der Waals surface area contributed by atoms with E-state index >= 15 is 0 Å². The molecule has 0 aliphatic heterocycles. The Bertz CT molecular complexity index is 1190. The van der Waals surface area contributed by atoms with Crippen molar-refractivity contribution in [1.82, 2.24) is 0 Å². The van der Waals surface area contributed by atoms with Crippen molar-refractivity contribution in [2.45, 2.75) is 6.92 Å². The first-order chi connectivity index (χ1) is 13.1. The summed E-state index contributed by atoms with van der Waals surface area (Å²) in [5, 5.41) is 1.72. The lowest BCUT2D eigenvalue weighted by atomic mass is 10.0. The van der Waals surface area contributed by atoms with Crippen LogP contribution in [0.1, 0.15) is 16.7 Å². The van der Waals surface area contributed by atoms with Crippen molar-refractivity contribution in [1.29, 1.82) is 0 Å². The van der Waals surface area contributed by atoms with Gasteiger partial charge in [0.05, 0.1) is 5.56 Å². The zero-order chi connectivity index (χ0) is 18.8. The van der Waals surface area contributed by atoms with Gasteiger partial charge in [-0.05, 0) is 65.2 Å². The monoisotopic (exact) mass is 354 g/mol. The zero-order valence-corrected chi connectivity index (χ0v) is 14.8. The lowest BCUT2D eigenvalue weighted by molar-refractivity contribution is 0.625. The van der Waals surface area contributed by atoms with E-state index < -0.39 is 0 Å². The van der Waals surface area contributed by atoms with Crippen molar-refractivity contribution in [2.24, 2.45) is 0 Å². The highest BCUT2D eigenvalue weighted by molar-refractivity contribution is 5.84. The molecule has 0 unspecified atom stereocenters. The van der Waals surface area contributed by atoms with E-state index in [0.29, 0.717) is 5.56 Å². The van der Waals surface area contributed by atoms with E-state index in [1.54, 1.807) is 12.1 Å². The number of hydrogen-bond donors (Lipinski definition) is 0. The van der Waals surface area contributed by atoms with E-state index in [1.165, 1.54) is 23.8 Å². The Morgan fingerprint density at radius 3 is 2.11 bits per heavy atom. The summed E-state index contributed by atoms with van der Waals surface area (Å²) in [5.41, 5.74) is 4.08. The maximum atomic E-state index is 14.5. The molecule has 4 aromatic carbocycles. The van der Waals surface area contributed by atoms with E-state index in [-0.39, 0.29) is 11.6 Å². The van der Waals surface area contributed by atoms with Crippen LogP contribution in [-0.2, 0) is 0 Å². The number of hydrogen-bond acceptors (Lipinski definition) is 0. The summed E-state index contributed by atoms with van der Waals surface area (Å²) in [6.45, 7) is 2.02. The second-order valence-corrected chi connectivity index (χ2v) is 6.52. The molecule has 0 heterocycles. The molecule has 4 aromatic rings. The van der Waals surface area contributed by atoms with E-state index in [1.807, 2.05) is 55.5 Å². The van der Waals surface area contributed by atoms with Crippen molar-refractivity contribution in [3.8, 4) is 23.0 Å². The largest absolute Gasteiger partial charge is 0.207 e. The molecule has 130 valence electrons. The van der Waals surface area contributed by atoms with Gasteiger partial charge in [0, 0.05) is 5.56 Å². The van der Waals surface area contributed by atoms with Crippen molar-refractivity contribution in [3.63, 3.8) is 0 Å². The molecule has 0 N–H and O–H groups in total. The van der Waals surface area contributed by atoms with Gasteiger partial charge < -0.3 is 0 Å². The number of fused-ring (bicyclic) bond motifs is 1. The van der Waals surface area contributed by atoms with Gasteiger partial charge in [0.2, 0.25) is 0 Å². The fourth-order valence-corrected chi connectivity index (χ4v) is 2.98. The SMILES string of the molecule is Cc1ccc(-c2ccc(C#Cc3ccc4cc(F)ccc4c3)c(F)c2)cc1. The average molecular weight is 354 g/mol. The molecular weight excluding hydrogens is 338 g/mol. The van der Waals surface area contributed by atoms with Crippen LogP contribution in [0.15, 0.2) is 78.9 Å². The summed E-state index contributed by atoms with van der Waals surface area (Å²) < 4.78 is 27.7. The van der Waals surface area contributed by atoms with Gasteiger partial charge in [-0.25, -0.2) is 8.78 Å². The van der Waals surface area contributed by atoms with Gasteiger partial charge in [0.1, 0.15) is 11.6 Å². The van der Waals surface area contributed by atoms with Crippen LogP contribution in [0, 0.1) is 30.4 Å². The van der Waals surface area contributed by atoms with Crippen molar-refractivity contribution in [2.75, 3.05) is 0 Å². The van der Waals surface area contributed by atoms with E-state index in [0.717, 1.165) is 27.5 Å². The van der Waals surface area contributed by atoms with Gasteiger partial charge in [-0.3, -0.25) is 0 Å². The van der Waals surface area contributed by atoms with Crippen molar-refractivity contribution >= 4 is 10.8 Å². The Morgan fingerprint density at radius 1 is 0.630 bits per heavy atom. The maximum absolute atomic E-state index is 14.5. The molecule has 4 rings (SSSR count). The normalized spacial score (nSPS) is 10.5. The Hall–Kier alpha value is -3.44. The molecule has 0 radical (unpaired) electrons. The van der Waals surface area contributed by atoms with E-state index in [4.69, 9.17) is 0 Å². The minimum Gasteiger partial charge on any atom is -0.207 e. The fraction of sp³-hybridized carbons (Fsp3) is 0.0400. The van der Waals surface area contributed by atoms with Gasteiger partial charge in [0.25, 0.3) is 0 Å². The topological polar surface area (TPSA) is 0 Å². The van der Waals surface area contributed by atoms with Gasteiger partial charge in [-0.1, -0.05) is 59.9 Å². The number of halogens is 2. The minimum atomic E-state index is -0.344. The summed E-state index contributed by atoms with van der Waals surface area (Å²) in [6.07, 6.45) is 0. The Labute approximate surface area is 157 Å². The molecular formula is C25H16F2. The van der Waals surface area contributed by atoms with E-state index in [2.05, 4.69) is 11.8 Å². The standard InChI is InChI=1S/C25H16F2/c1-17-2-6-19(7-3-17)23-11-10-20(25(27)16-23)8-4-18-5-9-22-15-24(26)13-12-21(22)14-18/h2-3,5-7,9-16H,1H3. The second kappa shape index (κ2) is 7.05. The molecule has 0 atom stereocenters. The highest BCUT2D eigenvalue weighted by Crippen LogP contribution is 2.22. The molecule has 27 heavy (non-hydrogen) atoms. The molecule has 0 aliphatic carbocycles. The van der Waals surface area contributed by atoms with E-state index in [9.17, 15) is 8.78 Å². The average Bonchev–Trinajstić information content (AvgIpc) is 2.67. The smallest absolute Gasteiger partial charge is 0.139 e. The highest BCUT2D eigenvalue weighted by Gasteiger charge is 2.04. The van der Waals surface area contributed by atoms with Crippen molar-refractivity contribution < 1.29 is 8.78 Å². The first-order valence-electron chi connectivity index (χ1n) is 8.66. The number of aryl methyl sites for hydroxylation is 1. The third-order valence-electron chi connectivity index (χ3n) is 4.50. The van der Waals surface area contributed by atoms with Crippen LogP contribution in [0.5, 0.6) is 0 Å². The quantitative estimate of drug-likeness (QED) is 0.343. The summed E-state index contributed by atoms with van der Waals surface area (Å²) >= 11 is 0. The summed E-state index contributed by atoms with van der Waals surface area (Å²) in [7, 11) is 0. The highest BCUT2D eigenvalue weighted by atomic mass is 19.1. The van der Waals surface area contributed by atoms with Crippen LogP contribution in [0.25, 0.3) is 21.9 Å². The molecule has 0 saturated heterocycles. The van der Waals surface area contributed by atoms with Crippen LogP contribution in [0.3, 0.4) is 0 Å². The van der Waals surface area contributed by atoms with Crippen LogP contribution >= 0.6 is 0 Å². The Morgan fingerprint density at radius 2 is 1.33 bits per heavy atom. The first kappa shape index (κ1) is 17.0. The molecule has 0 saturated carbocycles. The number of benzene rings is 4. The molecule has 0 fully saturated rings. The first-order valence-corrected chi connectivity index (χ1v) is 8.66. The molecule has 0 nitrogen and oxygen atoms in total. The summed E-state index contributed by atoms with van der Waals surface area (Å²) in [5.74, 6) is 5.27. The van der Waals surface area contributed by atoms with Gasteiger partial charge in [-0.2, -0.15) is 0 Å². The lowest BCUT2D eigenvalue weighted by Crippen LogP contribution is -1.87. The summed E-state index contributed by atoms with van der Waals surface area (Å²) in [4.78, 5) is 0. The summed E-state index contributed by atoms with van der Waals surface area (Å²) in [6, 6.07) is 23.2. The Balaban J connectivity index is 1.63. The third kappa shape index (κ3) is 3.73. The van der Waals surface area contributed by atoms with Crippen LogP contribution in [0.2, 0.25) is 0 Å². The zero-order valence-electron chi connectivity index (χ0n) is 14.8. The number of rotatable bonds is 1. The second-order valence-electron chi connectivity index (χ2n) is 6.52. The Kier molecular flexibility index (Phi) is 4.44. The van der Waals surface area contributed by atoms with Crippen LogP contribution in [-0.4, -0.2) is 0 Å². The molecule has 0 spiro atoms. The molecule has 0 aromatic heterocycles. The predicted octanol–water partition coefficient (Wildman–Crippen LogP) is 6.49. The fourth-order valence-electron chi connectivity index (χ4n) is 2.98. The lowest BCUT2D eigenvalue weighted by Gasteiger charge is -2.04.